The number of para-hydroxylation sites is 1. The van der Waals surface area contributed by atoms with Crippen molar-refractivity contribution in [1.29, 1.82) is 0 Å². The molecule has 0 radical (unpaired) electrons. The van der Waals surface area contributed by atoms with Gasteiger partial charge in [-0.05, 0) is 26.8 Å². The van der Waals surface area contributed by atoms with Gasteiger partial charge in [0, 0.05) is 29.8 Å². The molecule has 0 spiro atoms. The summed E-state index contributed by atoms with van der Waals surface area (Å²) in [7, 11) is 0. The fourth-order valence-electron chi connectivity index (χ4n) is 2.98. The zero-order chi connectivity index (χ0) is 18.3. The predicted octanol–water partition coefficient (Wildman–Crippen LogP) is 3.25. The Kier molecular flexibility index (Phi) is 3.79. The van der Waals surface area contributed by atoms with E-state index < -0.39 is 6.10 Å². The zero-order valence-corrected chi connectivity index (χ0v) is 15.0. The maximum absolute atomic E-state index is 12.5. The van der Waals surface area contributed by atoms with E-state index in [0.29, 0.717) is 12.1 Å². The first kappa shape index (κ1) is 16.4. The summed E-state index contributed by atoms with van der Waals surface area (Å²) in [6.07, 6.45) is 5.13. The molecular weight excluding hydrogens is 330 g/mol. The van der Waals surface area contributed by atoms with Crippen LogP contribution in [0.2, 0.25) is 0 Å². The largest absolute Gasteiger partial charge is 0.382 e. The molecule has 0 saturated heterocycles. The van der Waals surface area contributed by atoms with Gasteiger partial charge in [-0.25, -0.2) is 0 Å². The molecule has 0 bridgehead atoms. The summed E-state index contributed by atoms with van der Waals surface area (Å²) in [4.78, 5) is 21.1. The fourth-order valence-corrected chi connectivity index (χ4v) is 2.98. The van der Waals surface area contributed by atoms with E-state index in [4.69, 9.17) is 4.84 Å². The van der Waals surface area contributed by atoms with Crippen molar-refractivity contribution in [3.05, 3.63) is 48.4 Å². The zero-order valence-electron chi connectivity index (χ0n) is 15.0. The number of rotatable bonds is 3. The highest BCUT2D eigenvalue weighted by Crippen LogP contribution is 2.24. The minimum absolute atomic E-state index is 0.141. The van der Waals surface area contributed by atoms with Crippen molar-refractivity contribution in [3.63, 3.8) is 0 Å². The number of anilines is 1. The summed E-state index contributed by atoms with van der Waals surface area (Å²) < 4.78 is 1.81. The van der Waals surface area contributed by atoms with Gasteiger partial charge in [0.2, 0.25) is 6.10 Å². The molecule has 26 heavy (non-hydrogen) atoms. The summed E-state index contributed by atoms with van der Waals surface area (Å²) in [5.74, 6) is -0.226. The Morgan fingerprint density at radius 1 is 1.35 bits per heavy atom. The van der Waals surface area contributed by atoms with E-state index in [1.165, 1.54) is 0 Å². The Morgan fingerprint density at radius 3 is 2.96 bits per heavy atom. The van der Waals surface area contributed by atoms with Gasteiger partial charge in [-0.15, -0.1) is 0 Å². The first-order chi connectivity index (χ1) is 12.4. The molecule has 1 aliphatic heterocycles. The summed E-state index contributed by atoms with van der Waals surface area (Å²) in [5.41, 5.74) is 3.24. The van der Waals surface area contributed by atoms with Gasteiger partial charge in [0.25, 0.3) is 5.91 Å². The number of hydrogen-bond acceptors (Lipinski definition) is 4. The van der Waals surface area contributed by atoms with Crippen LogP contribution in [0.3, 0.4) is 0 Å². The molecular formula is C19H21N5O2. The molecule has 134 valence electrons. The van der Waals surface area contributed by atoms with Crippen molar-refractivity contribution in [3.8, 4) is 0 Å². The number of carbonyl (C=O) groups excluding carboxylic acids is 1. The van der Waals surface area contributed by atoms with Gasteiger partial charge in [0.1, 0.15) is 0 Å². The van der Waals surface area contributed by atoms with Gasteiger partial charge in [0.05, 0.1) is 28.7 Å². The molecule has 1 unspecified atom stereocenters. The van der Waals surface area contributed by atoms with Crippen LogP contribution in [0.4, 0.5) is 5.69 Å². The third-order valence-corrected chi connectivity index (χ3v) is 4.40. The number of aromatic amines is 1. The van der Waals surface area contributed by atoms with Crippen molar-refractivity contribution in [1.82, 2.24) is 14.8 Å². The minimum atomic E-state index is -0.645. The second-order valence-electron chi connectivity index (χ2n) is 7.42. The van der Waals surface area contributed by atoms with Crippen LogP contribution in [-0.4, -0.2) is 32.5 Å². The number of fused-ring (bicyclic) bond motifs is 1. The summed E-state index contributed by atoms with van der Waals surface area (Å²) >= 11 is 0. The van der Waals surface area contributed by atoms with Crippen LogP contribution in [0.5, 0.6) is 0 Å². The monoisotopic (exact) mass is 351 g/mol. The topological polar surface area (TPSA) is 84.3 Å². The Hall–Kier alpha value is -3.09. The standard InChI is InChI=1S/C19H21N5O2/c1-19(2,3)24-11-13(10-21-24)22-18(25)16-9-15(23-26-16)14-6-4-5-12-7-8-20-17(12)14/h4-8,10-11,16,20H,9H2,1-3H3,(H,22,25). The molecule has 4 rings (SSSR count). The average Bonchev–Trinajstić information content (AvgIpc) is 3.33. The van der Waals surface area contributed by atoms with E-state index in [-0.39, 0.29) is 11.4 Å². The lowest BCUT2D eigenvalue weighted by molar-refractivity contribution is -0.125. The van der Waals surface area contributed by atoms with Crippen molar-refractivity contribution < 1.29 is 9.63 Å². The maximum atomic E-state index is 12.5. The number of nitrogens with one attached hydrogen (secondary N) is 2. The molecule has 0 saturated carbocycles. The first-order valence-electron chi connectivity index (χ1n) is 8.57. The molecule has 0 fully saturated rings. The highest BCUT2D eigenvalue weighted by atomic mass is 16.6. The van der Waals surface area contributed by atoms with Gasteiger partial charge in [0.15, 0.2) is 0 Å². The number of nitrogens with zero attached hydrogens (tertiary/aromatic N) is 3. The van der Waals surface area contributed by atoms with E-state index in [2.05, 4.69) is 20.6 Å². The van der Waals surface area contributed by atoms with Gasteiger partial charge < -0.3 is 15.1 Å². The molecule has 1 amide bonds. The van der Waals surface area contributed by atoms with Crippen molar-refractivity contribution in [2.45, 2.75) is 38.8 Å². The molecule has 7 nitrogen and oxygen atoms in total. The summed E-state index contributed by atoms with van der Waals surface area (Å²) in [6.45, 7) is 6.15. The molecule has 2 N–H and O–H groups in total. The number of hydrogen-bond donors (Lipinski definition) is 2. The first-order valence-corrected chi connectivity index (χ1v) is 8.57. The van der Waals surface area contributed by atoms with Crippen LogP contribution in [0, 0.1) is 0 Å². The number of carbonyl (C=O) groups is 1. The second-order valence-corrected chi connectivity index (χ2v) is 7.42. The average molecular weight is 351 g/mol. The number of H-pyrrole nitrogens is 1. The van der Waals surface area contributed by atoms with Crippen LogP contribution in [-0.2, 0) is 15.2 Å². The third kappa shape index (κ3) is 2.96. The van der Waals surface area contributed by atoms with E-state index in [9.17, 15) is 4.79 Å². The highest BCUT2D eigenvalue weighted by molar-refractivity contribution is 6.12. The molecule has 1 aromatic carbocycles. The van der Waals surface area contributed by atoms with Gasteiger partial charge >= 0.3 is 0 Å². The lowest BCUT2D eigenvalue weighted by atomic mass is 10.0. The molecule has 1 aliphatic rings. The van der Waals surface area contributed by atoms with Crippen molar-refractivity contribution >= 4 is 28.2 Å². The second kappa shape index (κ2) is 6.01. The summed E-state index contributed by atoms with van der Waals surface area (Å²) in [6, 6.07) is 7.99. The molecule has 3 aromatic rings. The Bertz CT molecular complexity index is 993. The van der Waals surface area contributed by atoms with Crippen molar-refractivity contribution in [2.24, 2.45) is 5.16 Å². The molecule has 2 aromatic heterocycles. The van der Waals surface area contributed by atoms with Crippen LogP contribution in [0.25, 0.3) is 10.9 Å². The third-order valence-electron chi connectivity index (χ3n) is 4.40. The lowest BCUT2D eigenvalue weighted by Gasteiger charge is -2.18. The maximum Gasteiger partial charge on any atom is 0.268 e. The molecule has 0 aliphatic carbocycles. The number of benzene rings is 1. The molecule has 3 heterocycles. The van der Waals surface area contributed by atoms with Gasteiger partial charge in [-0.1, -0.05) is 23.4 Å². The lowest BCUT2D eigenvalue weighted by Crippen LogP contribution is -2.28. The SMILES string of the molecule is CC(C)(C)n1cc(NC(=O)C2CC(c3cccc4cc[nH]c34)=NO2)cn1. The van der Waals surface area contributed by atoms with E-state index in [1.54, 1.807) is 6.20 Å². The van der Waals surface area contributed by atoms with Crippen LogP contribution < -0.4 is 5.32 Å². The highest BCUT2D eigenvalue weighted by Gasteiger charge is 2.30. The van der Waals surface area contributed by atoms with E-state index in [1.807, 2.05) is 62.1 Å². The quantitative estimate of drug-likeness (QED) is 0.760. The molecule has 1 atom stereocenters. The van der Waals surface area contributed by atoms with Crippen LogP contribution in [0.1, 0.15) is 32.8 Å². The predicted molar refractivity (Wildman–Crippen MR) is 100 cm³/mol. The number of aromatic nitrogens is 3. The van der Waals surface area contributed by atoms with E-state index >= 15 is 0 Å². The van der Waals surface area contributed by atoms with Gasteiger partial charge in [-0.3, -0.25) is 9.48 Å². The Labute approximate surface area is 151 Å². The van der Waals surface area contributed by atoms with Crippen molar-refractivity contribution in [2.75, 3.05) is 5.32 Å². The van der Waals surface area contributed by atoms with Crippen LogP contribution in [0.15, 0.2) is 48.0 Å². The van der Waals surface area contributed by atoms with E-state index in [0.717, 1.165) is 22.2 Å². The fraction of sp³-hybridized carbons (Fsp3) is 0.316. The normalized spacial score (nSPS) is 17.2. The number of amides is 1. The van der Waals surface area contributed by atoms with Crippen LogP contribution >= 0.6 is 0 Å². The van der Waals surface area contributed by atoms with Gasteiger partial charge in [-0.2, -0.15) is 5.10 Å². The summed E-state index contributed by atoms with van der Waals surface area (Å²) in [5, 5.41) is 12.4. The number of oxime groups is 1. The smallest absolute Gasteiger partial charge is 0.268 e. The Balaban J connectivity index is 1.45. The Morgan fingerprint density at radius 2 is 2.19 bits per heavy atom. The molecule has 7 heteroatoms. The minimum Gasteiger partial charge on any atom is -0.382 e.